The SMILES string of the molecule is COC(=O)c1ccc2c(c1)N(Cc1nc3cc(C)cnc3s1)C(=O)CO2. The summed E-state index contributed by atoms with van der Waals surface area (Å²) in [5.74, 6) is -0.110. The zero-order valence-electron chi connectivity index (χ0n) is 14.2. The number of anilines is 1. The van der Waals surface area contributed by atoms with Crippen molar-refractivity contribution in [3.8, 4) is 5.75 Å². The van der Waals surface area contributed by atoms with Crippen LogP contribution < -0.4 is 9.64 Å². The van der Waals surface area contributed by atoms with Crippen molar-refractivity contribution < 1.29 is 19.1 Å². The van der Waals surface area contributed by atoms with Crippen LogP contribution in [0.2, 0.25) is 0 Å². The number of hydrogen-bond donors (Lipinski definition) is 0. The molecule has 2 aromatic heterocycles. The molecule has 0 aliphatic carbocycles. The maximum absolute atomic E-state index is 12.4. The second-order valence-corrected chi connectivity index (χ2v) is 6.95. The maximum atomic E-state index is 12.4. The number of aromatic nitrogens is 2. The summed E-state index contributed by atoms with van der Waals surface area (Å²) < 4.78 is 10.2. The first kappa shape index (κ1) is 16.5. The highest BCUT2D eigenvalue weighted by molar-refractivity contribution is 7.18. The summed E-state index contributed by atoms with van der Waals surface area (Å²) in [5, 5.41) is 0.766. The van der Waals surface area contributed by atoms with E-state index in [1.807, 2.05) is 13.0 Å². The Morgan fingerprint density at radius 3 is 3.04 bits per heavy atom. The summed E-state index contributed by atoms with van der Waals surface area (Å²) in [6.07, 6.45) is 1.79. The molecule has 1 aliphatic heterocycles. The predicted octanol–water partition coefficient (Wildman–Crippen LogP) is 2.71. The number of hydrogen-bond acceptors (Lipinski definition) is 7. The minimum absolute atomic E-state index is 0.0488. The van der Waals surface area contributed by atoms with Gasteiger partial charge in [0.05, 0.1) is 24.9 Å². The van der Waals surface area contributed by atoms with E-state index in [1.165, 1.54) is 18.4 Å². The van der Waals surface area contributed by atoms with Gasteiger partial charge in [0, 0.05) is 6.20 Å². The highest BCUT2D eigenvalue weighted by Crippen LogP contribution is 2.35. The smallest absolute Gasteiger partial charge is 0.337 e. The summed E-state index contributed by atoms with van der Waals surface area (Å²) in [6.45, 7) is 2.20. The lowest BCUT2D eigenvalue weighted by atomic mass is 10.1. The molecule has 3 heterocycles. The van der Waals surface area contributed by atoms with Crippen molar-refractivity contribution in [3.05, 3.63) is 46.6 Å². The molecule has 4 rings (SSSR count). The van der Waals surface area contributed by atoms with Crippen LogP contribution in [0, 0.1) is 6.92 Å². The number of pyridine rings is 1. The van der Waals surface area contributed by atoms with Gasteiger partial charge in [-0.05, 0) is 36.8 Å². The second-order valence-electron chi connectivity index (χ2n) is 5.89. The average Bonchev–Trinajstić information content (AvgIpc) is 3.04. The molecule has 0 saturated carbocycles. The summed E-state index contributed by atoms with van der Waals surface area (Å²) in [6, 6.07) is 6.86. The highest BCUT2D eigenvalue weighted by atomic mass is 32.1. The zero-order valence-corrected chi connectivity index (χ0v) is 15.0. The van der Waals surface area contributed by atoms with Crippen LogP contribution in [0.15, 0.2) is 30.5 Å². The Kier molecular flexibility index (Phi) is 4.04. The number of esters is 1. The fourth-order valence-corrected chi connectivity index (χ4v) is 3.67. The maximum Gasteiger partial charge on any atom is 0.337 e. The number of benzene rings is 1. The van der Waals surface area contributed by atoms with Crippen LogP contribution in [0.4, 0.5) is 5.69 Å². The van der Waals surface area contributed by atoms with E-state index < -0.39 is 5.97 Å². The van der Waals surface area contributed by atoms with Gasteiger partial charge in [-0.3, -0.25) is 9.69 Å². The van der Waals surface area contributed by atoms with Gasteiger partial charge in [-0.1, -0.05) is 11.3 Å². The largest absolute Gasteiger partial charge is 0.482 e. The third-order valence-corrected chi connectivity index (χ3v) is 5.01. The van der Waals surface area contributed by atoms with Crippen molar-refractivity contribution in [2.45, 2.75) is 13.5 Å². The molecular weight excluding hydrogens is 354 g/mol. The lowest BCUT2D eigenvalue weighted by Gasteiger charge is -2.29. The van der Waals surface area contributed by atoms with E-state index in [0.29, 0.717) is 23.5 Å². The van der Waals surface area contributed by atoms with Crippen LogP contribution in [0.5, 0.6) is 5.75 Å². The minimum atomic E-state index is -0.467. The van der Waals surface area contributed by atoms with Crippen LogP contribution in [0.1, 0.15) is 20.9 Å². The number of carbonyl (C=O) groups is 2. The van der Waals surface area contributed by atoms with E-state index in [2.05, 4.69) is 9.97 Å². The van der Waals surface area contributed by atoms with Crippen molar-refractivity contribution in [2.75, 3.05) is 18.6 Å². The van der Waals surface area contributed by atoms with E-state index in [0.717, 1.165) is 20.9 Å². The molecule has 8 heteroatoms. The average molecular weight is 369 g/mol. The number of thiazole rings is 1. The first-order valence-corrected chi connectivity index (χ1v) is 8.74. The van der Waals surface area contributed by atoms with Gasteiger partial charge in [0.1, 0.15) is 21.1 Å². The van der Waals surface area contributed by atoms with Crippen LogP contribution in [-0.4, -0.2) is 35.6 Å². The molecule has 0 atom stereocenters. The molecule has 26 heavy (non-hydrogen) atoms. The lowest BCUT2D eigenvalue weighted by molar-refractivity contribution is -0.121. The molecule has 7 nitrogen and oxygen atoms in total. The fraction of sp³-hybridized carbons (Fsp3) is 0.222. The molecule has 0 fully saturated rings. The van der Waals surface area contributed by atoms with E-state index in [9.17, 15) is 9.59 Å². The summed E-state index contributed by atoms with van der Waals surface area (Å²) in [4.78, 5) is 35.6. The molecule has 1 amide bonds. The third kappa shape index (κ3) is 2.88. The van der Waals surface area contributed by atoms with Crippen molar-refractivity contribution in [1.82, 2.24) is 9.97 Å². The highest BCUT2D eigenvalue weighted by Gasteiger charge is 2.28. The number of rotatable bonds is 3. The Labute approximate surface area is 153 Å². The Morgan fingerprint density at radius 2 is 2.23 bits per heavy atom. The molecular formula is C18H15N3O4S. The van der Waals surface area contributed by atoms with Gasteiger partial charge in [-0.2, -0.15) is 0 Å². The molecule has 0 unspecified atom stereocenters. The monoisotopic (exact) mass is 369 g/mol. The molecule has 132 valence electrons. The zero-order chi connectivity index (χ0) is 18.3. The number of carbonyl (C=O) groups excluding carboxylic acids is 2. The molecule has 0 saturated heterocycles. The standard InChI is InChI=1S/C18H15N3O4S/c1-10-5-12-17(19-7-10)26-15(20-12)8-21-13-6-11(18(23)24-2)3-4-14(13)25-9-16(21)22/h3-7H,8-9H2,1-2H3. The van der Waals surface area contributed by atoms with Gasteiger partial charge in [-0.15, -0.1) is 0 Å². The molecule has 3 aromatic rings. The molecule has 1 aliphatic rings. The number of fused-ring (bicyclic) bond motifs is 2. The summed E-state index contributed by atoms with van der Waals surface area (Å²) in [5.41, 5.74) is 2.74. The van der Waals surface area contributed by atoms with E-state index in [4.69, 9.17) is 9.47 Å². The second kappa shape index (κ2) is 6.38. The van der Waals surface area contributed by atoms with E-state index in [1.54, 1.807) is 29.3 Å². The van der Waals surface area contributed by atoms with E-state index in [-0.39, 0.29) is 12.5 Å². The number of amides is 1. The Bertz CT molecular complexity index is 1030. The minimum Gasteiger partial charge on any atom is -0.482 e. The fourth-order valence-electron chi connectivity index (χ4n) is 2.79. The number of aryl methyl sites for hydroxylation is 1. The van der Waals surface area contributed by atoms with Gasteiger partial charge < -0.3 is 9.47 Å². The Hall–Kier alpha value is -3.00. The first-order valence-electron chi connectivity index (χ1n) is 7.93. The molecule has 0 spiro atoms. The van der Waals surface area contributed by atoms with Crippen molar-refractivity contribution in [3.63, 3.8) is 0 Å². The van der Waals surface area contributed by atoms with Crippen molar-refractivity contribution in [1.29, 1.82) is 0 Å². The summed E-state index contributed by atoms with van der Waals surface area (Å²) in [7, 11) is 1.32. The molecule has 1 aromatic carbocycles. The number of nitrogens with zero attached hydrogens (tertiary/aromatic N) is 3. The van der Waals surface area contributed by atoms with E-state index >= 15 is 0 Å². The van der Waals surface area contributed by atoms with Gasteiger partial charge in [0.2, 0.25) is 0 Å². The quantitative estimate of drug-likeness (QED) is 0.660. The van der Waals surface area contributed by atoms with Gasteiger partial charge >= 0.3 is 5.97 Å². The lowest BCUT2D eigenvalue weighted by Crippen LogP contribution is -2.38. The van der Waals surface area contributed by atoms with Crippen molar-refractivity contribution in [2.24, 2.45) is 0 Å². The Morgan fingerprint density at radius 1 is 1.38 bits per heavy atom. The predicted molar refractivity (Wildman–Crippen MR) is 96.6 cm³/mol. The summed E-state index contributed by atoms with van der Waals surface area (Å²) >= 11 is 1.44. The molecule has 0 radical (unpaired) electrons. The van der Waals surface area contributed by atoms with Crippen LogP contribution in [0.25, 0.3) is 10.3 Å². The van der Waals surface area contributed by atoms with Gasteiger partial charge in [0.25, 0.3) is 5.91 Å². The molecule has 0 N–H and O–H groups in total. The third-order valence-electron chi connectivity index (χ3n) is 4.04. The van der Waals surface area contributed by atoms with Gasteiger partial charge in [-0.25, -0.2) is 14.8 Å². The topological polar surface area (TPSA) is 81.6 Å². The normalized spacial score (nSPS) is 13.5. The Balaban J connectivity index is 1.71. The molecule has 0 bridgehead atoms. The van der Waals surface area contributed by atoms with Crippen LogP contribution in [0.3, 0.4) is 0 Å². The van der Waals surface area contributed by atoms with Crippen LogP contribution in [-0.2, 0) is 16.1 Å². The number of methoxy groups -OCH3 is 1. The van der Waals surface area contributed by atoms with Crippen molar-refractivity contribution >= 4 is 39.2 Å². The first-order chi connectivity index (χ1) is 12.5. The van der Waals surface area contributed by atoms with Crippen LogP contribution >= 0.6 is 11.3 Å². The number of ether oxygens (including phenoxy) is 2. The van der Waals surface area contributed by atoms with Gasteiger partial charge in [0.15, 0.2) is 6.61 Å².